The number of nitrogens with one attached hydrogen (secondary N) is 1. The van der Waals surface area contributed by atoms with Gasteiger partial charge in [0.15, 0.2) is 9.84 Å². The number of aryl methyl sites for hydroxylation is 1. The first-order valence-electron chi connectivity index (χ1n) is 6.00. The second-order valence-electron chi connectivity index (χ2n) is 5.34. The Balaban J connectivity index is 2.02. The molecule has 0 saturated carbocycles. The van der Waals surface area contributed by atoms with Crippen LogP contribution in [0.5, 0.6) is 0 Å². The van der Waals surface area contributed by atoms with Crippen LogP contribution in [-0.4, -0.2) is 25.5 Å². The van der Waals surface area contributed by atoms with Crippen molar-refractivity contribution in [2.45, 2.75) is 32.4 Å². The van der Waals surface area contributed by atoms with Crippen molar-refractivity contribution in [1.29, 1.82) is 0 Å². The highest BCUT2D eigenvalue weighted by Crippen LogP contribution is 2.24. The number of hydrogen-bond donors (Lipinski definition) is 1. The summed E-state index contributed by atoms with van der Waals surface area (Å²) < 4.78 is 24.1. The van der Waals surface area contributed by atoms with Crippen molar-refractivity contribution in [3.63, 3.8) is 0 Å². The zero-order valence-corrected chi connectivity index (χ0v) is 13.1. The molecule has 0 spiro atoms. The lowest BCUT2D eigenvalue weighted by atomic mass is 10.0. The minimum Gasteiger partial charge on any atom is -0.306 e. The Labute approximate surface area is 117 Å². The standard InChI is InChI=1S/C13H18BrNO2S/c1-10-7-11(3-4-12(10)14)8-15-13(2)5-6-18(16,17)9-13/h3-4,7,15H,5-6,8-9H2,1-2H3. The van der Waals surface area contributed by atoms with Crippen molar-refractivity contribution in [1.82, 2.24) is 5.32 Å². The summed E-state index contributed by atoms with van der Waals surface area (Å²) in [5, 5.41) is 3.38. The average Bonchev–Trinajstić information content (AvgIpc) is 2.56. The van der Waals surface area contributed by atoms with E-state index in [0.717, 1.165) is 4.47 Å². The van der Waals surface area contributed by atoms with Gasteiger partial charge in [-0.2, -0.15) is 0 Å². The van der Waals surface area contributed by atoms with E-state index >= 15 is 0 Å². The fourth-order valence-electron chi connectivity index (χ4n) is 2.28. The van der Waals surface area contributed by atoms with Gasteiger partial charge in [-0.3, -0.25) is 0 Å². The lowest BCUT2D eigenvalue weighted by Gasteiger charge is -2.24. The van der Waals surface area contributed by atoms with E-state index in [9.17, 15) is 8.42 Å². The van der Waals surface area contributed by atoms with E-state index in [4.69, 9.17) is 0 Å². The maximum Gasteiger partial charge on any atom is 0.152 e. The number of sulfone groups is 1. The maximum atomic E-state index is 11.5. The van der Waals surface area contributed by atoms with Gasteiger partial charge in [0.1, 0.15) is 0 Å². The Morgan fingerprint density at radius 2 is 2.17 bits per heavy atom. The fraction of sp³-hybridized carbons (Fsp3) is 0.538. The molecule has 1 saturated heterocycles. The number of rotatable bonds is 3. The number of halogens is 1. The lowest BCUT2D eigenvalue weighted by Crippen LogP contribution is -2.42. The maximum absolute atomic E-state index is 11.5. The van der Waals surface area contributed by atoms with Crippen LogP contribution in [0.1, 0.15) is 24.5 Å². The quantitative estimate of drug-likeness (QED) is 0.925. The van der Waals surface area contributed by atoms with Crippen molar-refractivity contribution in [3.05, 3.63) is 33.8 Å². The van der Waals surface area contributed by atoms with Gasteiger partial charge >= 0.3 is 0 Å². The molecule has 0 bridgehead atoms. The molecule has 1 heterocycles. The Morgan fingerprint density at radius 1 is 1.44 bits per heavy atom. The Hall–Kier alpha value is -0.390. The summed E-state index contributed by atoms with van der Waals surface area (Å²) in [5.74, 6) is 0.547. The molecule has 1 aliphatic heterocycles. The molecule has 1 atom stereocenters. The van der Waals surface area contributed by atoms with Crippen LogP contribution >= 0.6 is 15.9 Å². The minimum absolute atomic E-state index is 0.246. The van der Waals surface area contributed by atoms with Gasteiger partial charge in [-0.1, -0.05) is 28.1 Å². The second-order valence-corrected chi connectivity index (χ2v) is 8.38. The van der Waals surface area contributed by atoms with Crippen LogP contribution in [-0.2, 0) is 16.4 Å². The van der Waals surface area contributed by atoms with Gasteiger partial charge < -0.3 is 5.32 Å². The van der Waals surface area contributed by atoms with Crippen LogP contribution in [0.15, 0.2) is 22.7 Å². The second kappa shape index (κ2) is 4.94. The highest BCUT2D eigenvalue weighted by atomic mass is 79.9. The van der Waals surface area contributed by atoms with E-state index in [2.05, 4.69) is 40.3 Å². The van der Waals surface area contributed by atoms with Crippen LogP contribution in [0, 0.1) is 6.92 Å². The first-order valence-corrected chi connectivity index (χ1v) is 8.62. The third-order valence-electron chi connectivity index (χ3n) is 3.44. The predicted octanol–water partition coefficient (Wildman–Crippen LogP) is 2.42. The third-order valence-corrected chi connectivity index (χ3v) is 6.24. The molecule has 5 heteroatoms. The summed E-state index contributed by atoms with van der Waals surface area (Å²) in [6.07, 6.45) is 0.699. The fourth-order valence-corrected chi connectivity index (χ4v) is 4.65. The number of hydrogen-bond acceptors (Lipinski definition) is 3. The van der Waals surface area contributed by atoms with Gasteiger partial charge in [0.2, 0.25) is 0 Å². The van der Waals surface area contributed by atoms with Gasteiger partial charge in [-0.15, -0.1) is 0 Å². The van der Waals surface area contributed by atoms with Crippen LogP contribution in [0.4, 0.5) is 0 Å². The molecule has 100 valence electrons. The first-order chi connectivity index (χ1) is 8.30. The van der Waals surface area contributed by atoms with Gasteiger partial charge in [-0.05, 0) is 37.5 Å². The van der Waals surface area contributed by atoms with Crippen molar-refractivity contribution >= 4 is 25.8 Å². The van der Waals surface area contributed by atoms with E-state index in [-0.39, 0.29) is 11.3 Å². The topological polar surface area (TPSA) is 46.2 Å². The summed E-state index contributed by atoms with van der Waals surface area (Å²) in [4.78, 5) is 0. The molecule has 0 amide bonds. The summed E-state index contributed by atoms with van der Waals surface area (Å²) in [5.41, 5.74) is 2.10. The van der Waals surface area contributed by atoms with E-state index < -0.39 is 9.84 Å². The highest BCUT2D eigenvalue weighted by molar-refractivity contribution is 9.10. The Morgan fingerprint density at radius 3 is 2.72 bits per heavy atom. The Kier molecular flexibility index (Phi) is 3.85. The molecule has 1 aromatic carbocycles. The summed E-state index contributed by atoms with van der Waals surface area (Å²) >= 11 is 3.47. The van der Waals surface area contributed by atoms with Crippen molar-refractivity contribution in [2.75, 3.05) is 11.5 Å². The lowest BCUT2D eigenvalue weighted by molar-refractivity contribution is 0.395. The Bertz CT molecular complexity index is 556. The molecule has 1 N–H and O–H groups in total. The molecule has 1 fully saturated rings. The zero-order valence-electron chi connectivity index (χ0n) is 10.7. The van der Waals surface area contributed by atoms with Crippen molar-refractivity contribution < 1.29 is 8.42 Å². The largest absolute Gasteiger partial charge is 0.306 e. The molecular formula is C13H18BrNO2S. The van der Waals surface area contributed by atoms with Crippen LogP contribution in [0.3, 0.4) is 0 Å². The molecule has 1 aromatic rings. The molecule has 2 rings (SSSR count). The zero-order chi connectivity index (χ0) is 13.4. The molecule has 1 aliphatic rings. The third kappa shape index (κ3) is 3.33. The molecule has 0 aliphatic carbocycles. The SMILES string of the molecule is Cc1cc(CNC2(C)CCS(=O)(=O)C2)ccc1Br. The molecular weight excluding hydrogens is 314 g/mol. The highest BCUT2D eigenvalue weighted by Gasteiger charge is 2.37. The molecule has 0 radical (unpaired) electrons. The number of benzene rings is 1. The van der Waals surface area contributed by atoms with Gasteiger partial charge in [0.25, 0.3) is 0 Å². The minimum atomic E-state index is -2.84. The van der Waals surface area contributed by atoms with E-state index in [1.807, 2.05) is 13.0 Å². The van der Waals surface area contributed by atoms with E-state index in [0.29, 0.717) is 18.7 Å². The molecule has 18 heavy (non-hydrogen) atoms. The summed E-state index contributed by atoms with van der Waals surface area (Å²) in [6.45, 7) is 4.75. The van der Waals surface area contributed by atoms with Gasteiger partial charge in [0, 0.05) is 16.6 Å². The molecule has 3 nitrogen and oxygen atoms in total. The van der Waals surface area contributed by atoms with Crippen molar-refractivity contribution in [3.8, 4) is 0 Å². The average molecular weight is 332 g/mol. The molecule has 1 unspecified atom stereocenters. The van der Waals surface area contributed by atoms with Crippen LogP contribution in [0.25, 0.3) is 0 Å². The summed E-state index contributed by atoms with van der Waals surface area (Å²) in [6, 6.07) is 6.20. The van der Waals surface area contributed by atoms with E-state index in [1.54, 1.807) is 0 Å². The molecule has 0 aromatic heterocycles. The first kappa shape index (κ1) is 14.0. The monoisotopic (exact) mass is 331 g/mol. The summed E-state index contributed by atoms with van der Waals surface area (Å²) in [7, 11) is -2.84. The smallest absolute Gasteiger partial charge is 0.152 e. The van der Waals surface area contributed by atoms with Crippen molar-refractivity contribution in [2.24, 2.45) is 0 Å². The van der Waals surface area contributed by atoms with Crippen LogP contribution in [0.2, 0.25) is 0 Å². The van der Waals surface area contributed by atoms with Crippen LogP contribution < -0.4 is 5.32 Å². The van der Waals surface area contributed by atoms with E-state index in [1.165, 1.54) is 11.1 Å². The normalized spacial score (nSPS) is 26.4. The van der Waals surface area contributed by atoms with Gasteiger partial charge in [0.05, 0.1) is 11.5 Å². The predicted molar refractivity (Wildman–Crippen MR) is 77.4 cm³/mol. The van der Waals surface area contributed by atoms with Gasteiger partial charge in [-0.25, -0.2) is 8.42 Å².